The first-order valence-electron chi connectivity index (χ1n) is 11.3. The highest BCUT2D eigenvalue weighted by molar-refractivity contribution is 5.78. The average Bonchev–Trinajstić information content (AvgIpc) is 2.89. The minimum Gasteiger partial charge on any atom is -0.422 e. The van der Waals surface area contributed by atoms with Crippen LogP contribution in [0.2, 0.25) is 0 Å². The van der Waals surface area contributed by atoms with Crippen LogP contribution in [0.4, 0.5) is 0 Å². The van der Waals surface area contributed by atoms with E-state index < -0.39 is 5.63 Å². The molecule has 5 rings (SSSR count). The van der Waals surface area contributed by atoms with E-state index in [0.29, 0.717) is 10.8 Å². The van der Waals surface area contributed by atoms with Gasteiger partial charge in [-0.25, -0.2) is 4.79 Å². The first-order valence-corrected chi connectivity index (χ1v) is 11.3. The van der Waals surface area contributed by atoms with Crippen LogP contribution in [0.3, 0.4) is 0 Å². The van der Waals surface area contributed by atoms with Crippen LogP contribution in [-0.2, 0) is 6.42 Å². The Balaban J connectivity index is 1.52. The van der Waals surface area contributed by atoms with Gasteiger partial charge < -0.3 is 4.42 Å². The quantitative estimate of drug-likeness (QED) is 0.308. The van der Waals surface area contributed by atoms with Crippen LogP contribution in [0.15, 0.2) is 124 Å². The van der Waals surface area contributed by atoms with E-state index in [1.54, 1.807) is 6.07 Å². The maximum absolute atomic E-state index is 12.2. The van der Waals surface area contributed by atoms with E-state index in [1.807, 2.05) is 42.5 Å². The van der Waals surface area contributed by atoms with E-state index in [1.165, 1.54) is 27.8 Å². The van der Waals surface area contributed by atoms with Gasteiger partial charge in [-0.15, -0.1) is 0 Å². The van der Waals surface area contributed by atoms with Crippen molar-refractivity contribution in [2.24, 2.45) is 0 Å². The molecule has 2 heteroatoms. The lowest BCUT2D eigenvalue weighted by molar-refractivity contribution is 0.554. The first-order chi connectivity index (χ1) is 16.7. The molecule has 5 aromatic rings. The van der Waals surface area contributed by atoms with E-state index >= 15 is 0 Å². The molecule has 0 saturated carbocycles. The largest absolute Gasteiger partial charge is 0.422 e. The van der Waals surface area contributed by atoms with E-state index in [4.69, 9.17) is 4.42 Å². The lowest BCUT2D eigenvalue weighted by atomic mass is 9.95. The van der Waals surface area contributed by atoms with Gasteiger partial charge in [0.15, 0.2) is 0 Å². The summed E-state index contributed by atoms with van der Waals surface area (Å²) in [6.45, 7) is 3.93. The van der Waals surface area contributed by atoms with Crippen LogP contribution in [0.1, 0.15) is 5.56 Å². The van der Waals surface area contributed by atoms with Gasteiger partial charge in [0, 0.05) is 5.39 Å². The third kappa shape index (κ3) is 4.53. The van der Waals surface area contributed by atoms with Crippen molar-refractivity contribution in [2.75, 3.05) is 0 Å². The Bertz CT molecular complexity index is 1590. The van der Waals surface area contributed by atoms with Crippen molar-refractivity contribution in [3.63, 3.8) is 0 Å². The molecule has 4 aromatic carbocycles. The highest BCUT2D eigenvalue weighted by Crippen LogP contribution is 2.28. The predicted octanol–water partition coefficient (Wildman–Crippen LogP) is 6.12. The van der Waals surface area contributed by atoms with Gasteiger partial charge in [-0.2, -0.15) is 0 Å². The fourth-order valence-corrected chi connectivity index (χ4v) is 4.18. The van der Waals surface area contributed by atoms with Crippen molar-refractivity contribution >= 4 is 23.6 Å². The summed E-state index contributed by atoms with van der Waals surface area (Å²) >= 11 is 0. The van der Waals surface area contributed by atoms with Gasteiger partial charge in [0.1, 0.15) is 5.58 Å². The predicted molar refractivity (Wildman–Crippen MR) is 142 cm³/mol. The molecule has 164 valence electrons. The Kier molecular flexibility index (Phi) is 6.05. The lowest BCUT2D eigenvalue weighted by Gasteiger charge is -2.10. The molecule has 0 spiro atoms. The third-order valence-electron chi connectivity index (χ3n) is 5.91. The number of rotatable bonds is 5. The van der Waals surface area contributed by atoms with E-state index in [9.17, 15) is 4.79 Å². The van der Waals surface area contributed by atoms with Gasteiger partial charge in [-0.1, -0.05) is 116 Å². The molecule has 0 amide bonds. The van der Waals surface area contributed by atoms with Gasteiger partial charge in [-0.05, 0) is 51.6 Å². The minimum absolute atomic E-state index is 0.376. The third-order valence-corrected chi connectivity index (χ3v) is 5.91. The molecule has 34 heavy (non-hydrogen) atoms. The fourth-order valence-electron chi connectivity index (χ4n) is 4.18. The fraction of sp³-hybridized carbons (Fsp3) is 0.0312. The van der Waals surface area contributed by atoms with Crippen LogP contribution in [-0.4, -0.2) is 0 Å². The number of hydrogen-bond acceptors (Lipinski definition) is 2. The van der Waals surface area contributed by atoms with E-state index in [-0.39, 0.29) is 0 Å². The van der Waals surface area contributed by atoms with Crippen LogP contribution < -0.4 is 16.1 Å². The van der Waals surface area contributed by atoms with Crippen molar-refractivity contribution < 1.29 is 4.42 Å². The van der Waals surface area contributed by atoms with Gasteiger partial charge in [-0.3, -0.25) is 0 Å². The molecule has 0 atom stereocenters. The molecular weight excluding hydrogens is 416 g/mol. The summed E-state index contributed by atoms with van der Waals surface area (Å²) in [5, 5.41) is 2.06. The van der Waals surface area contributed by atoms with Crippen molar-refractivity contribution in [1.29, 1.82) is 0 Å². The average molecular weight is 441 g/mol. The molecule has 0 saturated heterocycles. The standard InChI is InChI=1S/C32H24O2/c1-23-29(30-18-10-11-19-31(30)34-32(23)33)17-9-8-12-24-20-27(25-13-4-2-5-14-25)22-28(21-24)26-15-6-3-7-16-26/h2-11,13-22H,1,12H2/b9-8-,29-17+. The molecule has 2 nitrogen and oxygen atoms in total. The normalized spacial score (nSPS) is 11.9. The Morgan fingerprint density at radius 1 is 0.706 bits per heavy atom. The summed E-state index contributed by atoms with van der Waals surface area (Å²) in [5.74, 6) is 0. The molecular formula is C32H24O2. The van der Waals surface area contributed by atoms with Crippen LogP contribution >= 0.6 is 0 Å². The maximum Gasteiger partial charge on any atom is 0.343 e. The second-order valence-corrected chi connectivity index (χ2v) is 8.23. The van der Waals surface area contributed by atoms with Crippen molar-refractivity contribution in [1.82, 2.24) is 0 Å². The number of para-hydroxylation sites is 1. The summed E-state index contributed by atoms with van der Waals surface area (Å²) in [6, 6.07) is 35.2. The summed E-state index contributed by atoms with van der Waals surface area (Å²) in [5.41, 5.74) is 6.17. The Morgan fingerprint density at radius 3 is 1.94 bits per heavy atom. The van der Waals surface area contributed by atoms with Gasteiger partial charge in [0.25, 0.3) is 0 Å². The van der Waals surface area contributed by atoms with Crippen LogP contribution in [0, 0.1) is 0 Å². The van der Waals surface area contributed by atoms with Gasteiger partial charge in [0.05, 0.1) is 5.22 Å². The van der Waals surface area contributed by atoms with Crippen LogP contribution in [0.5, 0.6) is 0 Å². The maximum atomic E-state index is 12.2. The lowest BCUT2D eigenvalue weighted by Crippen LogP contribution is -2.37. The van der Waals surface area contributed by atoms with Crippen molar-refractivity contribution in [3.8, 4) is 22.3 Å². The molecule has 0 unspecified atom stereocenters. The second kappa shape index (κ2) is 9.60. The molecule has 0 N–H and O–H groups in total. The Morgan fingerprint density at radius 2 is 1.29 bits per heavy atom. The van der Waals surface area contributed by atoms with E-state index in [0.717, 1.165) is 17.0 Å². The molecule has 0 aliphatic carbocycles. The van der Waals surface area contributed by atoms with Crippen molar-refractivity contribution in [2.45, 2.75) is 6.42 Å². The number of allylic oxidation sites excluding steroid dienone is 2. The SMILES string of the molecule is C=c1c(=O)oc2ccccc2/c1=C/C=C\Cc1cc(-c2ccccc2)cc(-c2ccccc2)c1. The highest BCUT2D eigenvalue weighted by atomic mass is 16.4. The summed E-state index contributed by atoms with van der Waals surface area (Å²) in [6.07, 6.45) is 6.82. The zero-order chi connectivity index (χ0) is 23.3. The number of benzene rings is 4. The highest BCUT2D eigenvalue weighted by Gasteiger charge is 2.05. The zero-order valence-electron chi connectivity index (χ0n) is 18.8. The monoisotopic (exact) mass is 440 g/mol. The molecule has 0 bridgehead atoms. The Labute approximate surface area is 198 Å². The first kappa shape index (κ1) is 21.4. The topological polar surface area (TPSA) is 30.2 Å². The van der Waals surface area contributed by atoms with Gasteiger partial charge in [0.2, 0.25) is 0 Å². The molecule has 0 fully saturated rings. The van der Waals surface area contributed by atoms with Crippen molar-refractivity contribution in [3.05, 3.63) is 142 Å². The summed E-state index contributed by atoms with van der Waals surface area (Å²) in [7, 11) is 0. The van der Waals surface area contributed by atoms with Gasteiger partial charge >= 0.3 is 5.63 Å². The number of hydrogen-bond donors (Lipinski definition) is 0. The second-order valence-electron chi connectivity index (χ2n) is 8.23. The summed E-state index contributed by atoms with van der Waals surface area (Å²) < 4.78 is 5.36. The minimum atomic E-state index is -0.401. The molecule has 0 aliphatic heterocycles. The van der Waals surface area contributed by atoms with Crippen LogP contribution in [0.25, 0.3) is 45.9 Å². The number of fused-ring (bicyclic) bond motifs is 1. The van der Waals surface area contributed by atoms with E-state index in [2.05, 4.69) is 79.4 Å². The smallest absolute Gasteiger partial charge is 0.343 e. The zero-order valence-corrected chi connectivity index (χ0v) is 18.8. The molecule has 0 aliphatic rings. The summed E-state index contributed by atoms with van der Waals surface area (Å²) in [4.78, 5) is 12.2. The molecule has 1 heterocycles. The molecule has 1 aromatic heterocycles. The molecule has 0 radical (unpaired) electrons. The Hall–Kier alpha value is -4.43.